The fourth-order valence-corrected chi connectivity index (χ4v) is 4.02. The summed E-state index contributed by atoms with van der Waals surface area (Å²) >= 11 is 5.17. The van der Waals surface area contributed by atoms with Gasteiger partial charge in [-0.15, -0.1) is 11.3 Å². The van der Waals surface area contributed by atoms with Gasteiger partial charge in [0.05, 0.1) is 6.54 Å². The van der Waals surface area contributed by atoms with Crippen LogP contribution < -0.4 is 5.32 Å². The van der Waals surface area contributed by atoms with Crippen molar-refractivity contribution in [2.75, 3.05) is 0 Å². The van der Waals surface area contributed by atoms with E-state index < -0.39 is 0 Å². The molecule has 0 radical (unpaired) electrons. The lowest BCUT2D eigenvalue weighted by molar-refractivity contribution is -0.131. The van der Waals surface area contributed by atoms with Crippen LogP contribution in [-0.2, 0) is 11.3 Å². The van der Waals surface area contributed by atoms with Crippen molar-refractivity contribution in [3.63, 3.8) is 0 Å². The third kappa shape index (κ3) is 2.74. The highest BCUT2D eigenvalue weighted by Gasteiger charge is 2.38. The van der Waals surface area contributed by atoms with Gasteiger partial charge in [-0.2, -0.15) is 0 Å². The first-order chi connectivity index (χ1) is 8.18. The van der Waals surface area contributed by atoms with Crippen LogP contribution in [0.4, 0.5) is 0 Å². The molecule has 0 saturated heterocycles. The predicted molar refractivity (Wildman–Crippen MR) is 75.1 cm³/mol. The summed E-state index contributed by atoms with van der Waals surface area (Å²) in [7, 11) is 0. The fourth-order valence-electron chi connectivity index (χ4n) is 2.59. The summed E-state index contributed by atoms with van der Waals surface area (Å²) in [6.07, 6.45) is 5.47. The zero-order valence-electron chi connectivity index (χ0n) is 10.1. The van der Waals surface area contributed by atoms with Gasteiger partial charge in [0, 0.05) is 14.8 Å². The number of rotatable bonds is 4. The van der Waals surface area contributed by atoms with Crippen LogP contribution in [0.15, 0.2) is 15.9 Å². The molecule has 94 valence electrons. The molecule has 0 aliphatic heterocycles. The molecule has 0 bridgehead atoms. The Morgan fingerprint density at radius 3 is 2.76 bits per heavy atom. The molecule has 1 aromatic heterocycles. The molecule has 1 amide bonds. The van der Waals surface area contributed by atoms with E-state index >= 15 is 0 Å². The molecule has 0 atom stereocenters. The SMILES string of the molecule is CCC1(C(=O)NCc2sccc2Br)CCCC1. The molecular formula is C13H18BrNOS. The van der Waals surface area contributed by atoms with Crippen LogP contribution in [0.3, 0.4) is 0 Å². The van der Waals surface area contributed by atoms with Crippen LogP contribution in [0.5, 0.6) is 0 Å². The van der Waals surface area contributed by atoms with E-state index in [9.17, 15) is 4.79 Å². The van der Waals surface area contributed by atoms with Gasteiger partial charge in [-0.3, -0.25) is 4.79 Å². The number of hydrogen-bond acceptors (Lipinski definition) is 2. The van der Waals surface area contributed by atoms with Gasteiger partial charge in [0.2, 0.25) is 5.91 Å². The maximum atomic E-state index is 12.3. The zero-order chi connectivity index (χ0) is 12.3. The van der Waals surface area contributed by atoms with E-state index in [2.05, 4.69) is 28.2 Å². The average Bonchev–Trinajstić information content (AvgIpc) is 2.95. The number of thiophene rings is 1. The Kier molecular flexibility index (Phi) is 4.26. The maximum Gasteiger partial charge on any atom is 0.226 e. The molecule has 1 fully saturated rings. The fraction of sp³-hybridized carbons (Fsp3) is 0.615. The van der Waals surface area contributed by atoms with Crippen molar-refractivity contribution >= 4 is 33.2 Å². The van der Waals surface area contributed by atoms with Crippen LogP contribution in [0.2, 0.25) is 0 Å². The van der Waals surface area contributed by atoms with Gasteiger partial charge in [0.1, 0.15) is 0 Å². The van der Waals surface area contributed by atoms with E-state index in [1.165, 1.54) is 17.7 Å². The minimum atomic E-state index is -0.0796. The second-order valence-electron chi connectivity index (χ2n) is 4.72. The molecule has 1 aliphatic carbocycles. The van der Waals surface area contributed by atoms with Gasteiger partial charge in [0.15, 0.2) is 0 Å². The van der Waals surface area contributed by atoms with Crippen molar-refractivity contribution in [2.45, 2.75) is 45.6 Å². The second kappa shape index (κ2) is 5.53. The number of amides is 1. The Morgan fingerprint density at radius 1 is 1.53 bits per heavy atom. The molecular weight excluding hydrogens is 298 g/mol. The maximum absolute atomic E-state index is 12.3. The van der Waals surface area contributed by atoms with E-state index in [0.29, 0.717) is 6.54 Å². The van der Waals surface area contributed by atoms with Crippen molar-refractivity contribution in [2.24, 2.45) is 5.41 Å². The van der Waals surface area contributed by atoms with Crippen LogP contribution in [0.1, 0.15) is 43.9 Å². The van der Waals surface area contributed by atoms with Crippen molar-refractivity contribution in [3.8, 4) is 0 Å². The number of carbonyl (C=O) groups excluding carboxylic acids is 1. The van der Waals surface area contributed by atoms with Gasteiger partial charge < -0.3 is 5.32 Å². The smallest absolute Gasteiger partial charge is 0.226 e. The molecule has 1 N–H and O–H groups in total. The molecule has 17 heavy (non-hydrogen) atoms. The van der Waals surface area contributed by atoms with E-state index in [0.717, 1.165) is 23.7 Å². The van der Waals surface area contributed by atoms with Gasteiger partial charge >= 0.3 is 0 Å². The summed E-state index contributed by atoms with van der Waals surface area (Å²) in [4.78, 5) is 13.5. The number of hydrogen-bond donors (Lipinski definition) is 1. The summed E-state index contributed by atoms with van der Waals surface area (Å²) in [5, 5.41) is 5.14. The van der Waals surface area contributed by atoms with E-state index in [1.807, 2.05) is 11.4 Å². The normalized spacial score (nSPS) is 18.2. The van der Waals surface area contributed by atoms with Crippen LogP contribution in [0.25, 0.3) is 0 Å². The highest BCUT2D eigenvalue weighted by atomic mass is 79.9. The van der Waals surface area contributed by atoms with E-state index in [-0.39, 0.29) is 11.3 Å². The van der Waals surface area contributed by atoms with Crippen LogP contribution in [0, 0.1) is 5.41 Å². The average molecular weight is 316 g/mol. The Morgan fingerprint density at radius 2 is 2.24 bits per heavy atom. The Hall–Kier alpha value is -0.350. The largest absolute Gasteiger partial charge is 0.351 e. The topological polar surface area (TPSA) is 29.1 Å². The summed E-state index contributed by atoms with van der Waals surface area (Å²) in [6, 6.07) is 2.03. The molecule has 2 nitrogen and oxygen atoms in total. The lowest BCUT2D eigenvalue weighted by Gasteiger charge is -2.25. The molecule has 4 heteroatoms. The first-order valence-electron chi connectivity index (χ1n) is 6.18. The lowest BCUT2D eigenvalue weighted by atomic mass is 9.82. The monoisotopic (exact) mass is 315 g/mol. The van der Waals surface area contributed by atoms with Crippen LogP contribution in [-0.4, -0.2) is 5.91 Å². The van der Waals surface area contributed by atoms with Crippen molar-refractivity contribution in [3.05, 3.63) is 20.8 Å². The van der Waals surface area contributed by atoms with Gasteiger partial charge in [-0.05, 0) is 46.6 Å². The molecule has 1 aliphatic rings. The van der Waals surface area contributed by atoms with Gasteiger partial charge in [-0.1, -0.05) is 19.8 Å². The highest BCUT2D eigenvalue weighted by Crippen LogP contribution is 2.41. The van der Waals surface area contributed by atoms with Crippen molar-refractivity contribution in [1.82, 2.24) is 5.32 Å². The molecule has 1 heterocycles. The quantitative estimate of drug-likeness (QED) is 0.890. The first-order valence-corrected chi connectivity index (χ1v) is 7.85. The molecule has 2 rings (SSSR count). The van der Waals surface area contributed by atoms with Gasteiger partial charge in [0.25, 0.3) is 0 Å². The molecule has 1 saturated carbocycles. The van der Waals surface area contributed by atoms with Crippen LogP contribution >= 0.6 is 27.3 Å². The zero-order valence-corrected chi connectivity index (χ0v) is 12.5. The van der Waals surface area contributed by atoms with E-state index in [4.69, 9.17) is 0 Å². The standard InChI is InChI=1S/C13H18BrNOS/c1-2-13(6-3-4-7-13)12(16)15-9-11-10(14)5-8-17-11/h5,8H,2-4,6-7,9H2,1H3,(H,15,16). The summed E-state index contributed by atoms with van der Waals surface area (Å²) in [5.41, 5.74) is -0.0796. The summed E-state index contributed by atoms with van der Waals surface area (Å²) in [6.45, 7) is 2.78. The van der Waals surface area contributed by atoms with Gasteiger partial charge in [-0.25, -0.2) is 0 Å². The summed E-state index contributed by atoms with van der Waals surface area (Å²) in [5.74, 6) is 0.248. The Bertz CT molecular complexity index is 396. The van der Waals surface area contributed by atoms with Crippen molar-refractivity contribution < 1.29 is 4.79 Å². The molecule has 0 unspecified atom stereocenters. The van der Waals surface area contributed by atoms with Crippen molar-refractivity contribution in [1.29, 1.82) is 0 Å². The number of halogens is 1. The highest BCUT2D eigenvalue weighted by molar-refractivity contribution is 9.10. The third-order valence-electron chi connectivity index (χ3n) is 3.82. The summed E-state index contributed by atoms with van der Waals surface area (Å²) < 4.78 is 1.10. The lowest BCUT2D eigenvalue weighted by Crippen LogP contribution is -2.38. The molecule has 0 spiro atoms. The third-order valence-corrected chi connectivity index (χ3v) is 5.75. The first kappa shape index (κ1) is 13.1. The molecule has 0 aromatic carbocycles. The number of nitrogens with one attached hydrogen (secondary N) is 1. The second-order valence-corrected chi connectivity index (χ2v) is 6.57. The minimum Gasteiger partial charge on any atom is -0.351 e. The Balaban J connectivity index is 1.95. The Labute approximate surface area is 115 Å². The molecule has 1 aromatic rings. The predicted octanol–water partition coefficient (Wildman–Crippen LogP) is 4.10. The number of carbonyl (C=O) groups is 1. The van der Waals surface area contributed by atoms with E-state index in [1.54, 1.807) is 11.3 Å². The minimum absolute atomic E-state index is 0.0796.